The molecular weight excluding hydrogens is 178 g/mol. The molecule has 1 aliphatic rings. The standard InChI is InChI=1S/C10H17N3O/c1-8(7-14-11)9-6-13-5-3-2-4-10(13)12-9/h6,8H,2-5,7,11H2,1H3. The number of hydrogen-bond donors (Lipinski definition) is 1. The Balaban J connectivity index is 2.15. The molecule has 0 spiro atoms. The normalized spacial score (nSPS) is 17.9. The van der Waals surface area contributed by atoms with E-state index in [1.165, 1.54) is 18.7 Å². The van der Waals surface area contributed by atoms with Gasteiger partial charge in [-0.05, 0) is 12.8 Å². The highest BCUT2D eigenvalue weighted by Gasteiger charge is 2.15. The highest BCUT2D eigenvalue weighted by atomic mass is 16.6. The van der Waals surface area contributed by atoms with E-state index in [9.17, 15) is 0 Å². The molecule has 1 atom stereocenters. The molecule has 78 valence electrons. The van der Waals surface area contributed by atoms with Gasteiger partial charge in [-0.2, -0.15) is 0 Å². The second-order valence-electron chi connectivity index (χ2n) is 3.97. The van der Waals surface area contributed by atoms with Crippen molar-refractivity contribution in [2.45, 2.75) is 38.6 Å². The van der Waals surface area contributed by atoms with Crippen LogP contribution in [-0.2, 0) is 17.8 Å². The Kier molecular flexibility index (Phi) is 2.84. The molecule has 0 aromatic carbocycles. The zero-order valence-corrected chi connectivity index (χ0v) is 8.57. The van der Waals surface area contributed by atoms with Crippen LogP contribution >= 0.6 is 0 Å². The zero-order chi connectivity index (χ0) is 9.97. The monoisotopic (exact) mass is 195 g/mol. The summed E-state index contributed by atoms with van der Waals surface area (Å²) >= 11 is 0. The van der Waals surface area contributed by atoms with Gasteiger partial charge in [0.15, 0.2) is 0 Å². The van der Waals surface area contributed by atoms with Gasteiger partial charge in [0.1, 0.15) is 5.82 Å². The molecule has 0 saturated heterocycles. The van der Waals surface area contributed by atoms with Crippen LogP contribution in [0.15, 0.2) is 6.20 Å². The summed E-state index contributed by atoms with van der Waals surface area (Å²) in [6.07, 6.45) is 5.77. The van der Waals surface area contributed by atoms with Crippen LogP contribution in [0.3, 0.4) is 0 Å². The van der Waals surface area contributed by atoms with Gasteiger partial charge in [0.05, 0.1) is 12.3 Å². The van der Waals surface area contributed by atoms with E-state index < -0.39 is 0 Å². The van der Waals surface area contributed by atoms with Crippen molar-refractivity contribution in [2.24, 2.45) is 5.90 Å². The Hall–Kier alpha value is -0.870. The van der Waals surface area contributed by atoms with E-state index in [-0.39, 0.29) is 5.92 Å². The van der Waals surface area contributed by atoms with Crippen molar-refractivity contribution in [3.8, 4) is 0 Å². The van der Waals surface area contributed by atoms with E-state index in [0.29, 0.717) is 6.61 Å². The largest absolute Gasteiger partial charge is 0.335 e. The molecule has 1 aliphatic heterocycles. The fourth-order valence-electron chi connectivity index (χ4n) is 1.90. The molecule has 14 heavy (non-hydrogen) atoms. The Morgan fingerprint density at radius 3 is 3.21 bits per heavy atom. The second kappa shape index (κ2) is 4.11. The lowest BCUT2D eigenvalue weighted by Crippen LogP contribution is -2.09. The molecule has 0 fully saturated rings. The molecule has 0 amide bonds. The van der Waals surface area contributed by atoms with Gasteiger partial charge in [0.25, 0.3) is 0 Å². The van der Waals surface area contributed by atoms with Gasteiger partial charge in [-0.3, -0.25) is 0 Å². The molecule has 0 radical (unpaired) electrons. The first-order valence-electron chi connectivity index (χ1n) is 5.19. The highest BCUT2D eigenvalue weighted by Crippen LogP contribution is 2.19. The maximum absolute atomic E-state index is 5.05. The van der Waals surface area contributed by atoms with Crippen LogP contribution in [0.5, 0.6) is 0 Å². The van der Waals surface area contributed by atoms with Crippen LogP contribution in [0.4, 0.5) is 0 Å². The minimum Gasteiger partial charge on any atom is -0.335 e. The number of hydrogen-bond acceptors (Lipinski definition) is 3. The molecule has 4 heteroatoms. The summed E-state index contributed by atoms with van der Waals surface area (Å²) in [6, 6.07) is 0. The quantitative estimate of drug-likeness (QED) is 0.738. The van der Waals surface area contributed by atoms with Gasteiger partial charge in [-0.1, -0.05) is 6.92 Å². The summed E-state index contributed by atoms with van der Waals surface area (Å²) < 4.78 is 2.26. The van der Waals surface area contributed by atoms with Gasteiger partial charge in [0, 0.05) is 25.1 Å². The molecule has 1 aromatic heterocycles. The van der Waals surface area contributed by atoms with E-state index >= 15 is 0 Å². The van der Waals surface area contributed by atoms with Crippen molar-refractivity contribution < 1.29 is 4.84 Å². The third-order valence-electron chi connectivity index (χ3n) is 2.78. The number of nitrogens with zero attached hydrogens (tertiary/aromatic N) is 2. The number of nitrogens with two attached hydrogens (primary N) is 1. The maximum atomic E-state index is 5.05. The van der Waals surface area contributed by atoms with Crippen molar-refractivity contribution in [2.75, 3.05) is 6.61 Å². The molecule has 1 unspecified atom stereocenters. The second-order valence-corrected chi connectivity index (χ2v) is 3.97. The summed E-state index contributed by atoms with van der Waals surface area (Å²) in [5, 5.41) is 0. The lowest BCUT2D eigenvalue weighted by atomic mass is 10.1. The first-order valence-corrected chi connectivity index (χ1v) is 5.19. The number of rotatable bonds is 3. The lowest BCUT2D eigenvalue weighted by Gasteiger charge is -2.11. The van der Waals surface area contributed by atoms with E-state index in [4.69, 9.17) is 5.90 Å². The van der Waals surface area contributed by atoms with Crippen molar-refractivity contribution in [1.29, 1.82) is 0 Å². The zero-order valence-electron chi connectivity index (χ0n) is 8.57. The molecule has 2 heterocycles. The van der Waals surface area contributed by atoms with Crippen LogP contribution in [0.25, 0.3) is 0 Å². The SMILES string of the molecule is CC(CON)c1cn2c(n1)CCCC2. The average Bonchev–Trinajstić information content (AvgIpc) is 2.61. The van der Waals surface area contributed by atoms with Crippen molar-refractivity contribution in [3.63, 3.8) is 0 Å². The fraction of sp³-hybridized carbons (Fsp3) is 0.700. The van der Waals surface area contributed by atoms with Crippen molar-refractivity contribution >= 4 is 0 Å². The van der Waals surface area contributed by atoms with Crippen molar-refractivity contribution in [1.82, 2.24) is 9.55 Å². The Morgan fingerprint density at radius 1 is 1.64 bits per heavy atom. The minimum atomic E-state index is 0.290. The van der Waals surface area contributed by atoms with Crippen LogP contribution < -0.4 is 5.90 Å². The Bertz CT molecular complexity index is 285. The molecule has 2 rings (SSSR count). The van der Waals surface area contributed by atoms with E-state index in [1.54, 1.807) is 0 Å². The first-order chi connectivity index (χ1) is 6.81. The first kappa shape index (κ1) is 9.68. The third-order valence-corrected chi connectivity index (χ3v) is 2.78. The van der Waals surface area contributed by atoms with Gasteiger partial charge in [-0.15, -0.1) is 0 Å². The molecule has 0 aliphatic carbocycles. The van der Waals surface area contributed by atoms with Gasteiger partial charge < -0.3 is 9.40 Å². The fourth-order valence-corrected chi connectivity index (χ4v) is 1.90. The van der Waals surface area contributed by atoms with Gasteiger partial charge in [-0.25, -0.2) is 10.9 Å². The maximum Gasteiger partial charge on any atom is 0.108 e. The summed E-state index contributed by atoms with van der Waals surface area (Å²) in [5.74, 6) is 6.56. The van der Waals surface area contributed by atoms with Crippen LogP contribution in [0, 0.1) is 0 Å². The van der Waals surface area contributed by atoms with Gasteiger partial charge in [0.2, 0.25) is 0 Å². The van der Waals surface area contributed by atoms with E-state index in [2.05, 4.69) is 27.5 Å². The van der Waals surface area contributed by atoms with Crippen LogP contribution in [0.2, 0.25) is 0 Å². The average molecular weight is 195 g/mol. The Labute approximate surface area is 84.0 Å². The Morgan fingerprint density at radius 2 is 2.50 bits per heavy atom. The third kappa shape index (κ3) is 1.81. The molecular formula is C10H17N3O. The molecule has 0 saturated carbocycles. The molecule has 4 nitrogen and oxygen atoms in total. The lowest BCUT2D eigenvalue weighted by molar-refractivity contribution is 0.126. The molecule has 2 N–H and O–H groups in total. The van der Waals surface area contributed by atoms with Gasteiger partial charge >= 0.3 is 0 Å². The van der Waals surface area contributed by atoms with Crippen molar-refractivity contribution in [3.05, 3.63) is 17.7 Å². The topological polar surface area (TPSA) is 53.1 Å². The van der Waals surface area contributed by atoms with E-state index in [0.717, 1.165) is 18.7 Å². The summed E-state index contributed by atoms with van der Waals surface area (Å²) in [5.41, 5.74) is 1.10. The predicted octanol–water partition coefficient (Wildman–Crippen LogP) is 1.21. The summed E-state index contributed by atoms with van der Waals surface area (Å²) in [6.45, 7) is 3.73. The minimum absolute atomic E-state index is 0.290. The van der Waals surface area contributed by atoms with Crippen LogP contribution in [-0.4, -0.2) is 16.2 Å². The van der Waals surface area contributed by atoms with Crippen LogP contribution in [0.1, 0.15) is 37.2 Å². The molecule has 0 bridgehead atoms. The van der Waals surface area contributed by atoms with E-state index in [1.807, 2.05) is 0 Å². The number of aromatic nitrogens is 2. The summed E-state index contributed by atoms with van der Waals surface area (Å²) in [4.78, 5) is 9.24. The smallest absolute Gasteiger partial charge is 0.108 e. The summed E-state index contributed by atoms with van der Waals surface area (Å²) in [7, 11) is 0. The predicted molar refractivity (Wildman–Crippen MR) is 53.7 cm³/mol. The number of imidazole rings is 1. The highest BCUT2D eigenvalue weighted by molar-refractivity contribution is 5.10. The number of aryl methyl sites for hydroxylation is 2. The number of fused-ring (bicyclic) bond motifs is 1. The molecule has 1 aromatic rings.